The summed E-state index contributed by atoms with van der Waals surface area (Å²) in [6.07, 6.45) is -28.5. The normalized spacial score (nSPS) is 18.2. The largest absolute Gasteiger partial charge is 0.493 e. The lowest BCUT2D eigenvalue weighted by atomic mass is 9.02. The van der Waals surface area contributed by atoms with Crippen LogP contribution in [0, 0.1) is 140 Å². The maximum absolute atomic E-state index is 17.0. The van der Waals surface area contributed by atoms with Gasteiger partial charge in [0.2, 0.25) is 5.82 Å². The molecule has 5 atom stereocenters. The van der Waals surface area contributed by atoms with Crippen LogP contribution in [-0.4, -0.2) is 41.7 Å². The number of halogens is 51. The van der Waals surface area contributed by atoms with E-state index < -0.39 is 351 Å². The number of allylic oxidation sites excluding steroid dienone is 4. The van der Waals surface area contributed by atoms with Crippen molar-refractivity contribution in [3.05, 3.63) is 219 Å². The predicted molar refractivity (Wildman–Crippen MR) is 289 cm³/mol. The SMILES string of the molecule is CCCCCCC(F)(F)C(F)(F)C(F)(F)[PH2+]C(F)(F)C(F)(F)F.FC1=C(F)C([B-](C2C(F)=C(F)c3c(F)c(F)c(F)c(F)c32)(C2C(F)=C(F)c3c(F)c(F)c(F)c(F)c32)C2C(F)=C(F)c3c(F)c(F)c(F)c(F)c32)c2c(F)c(F)c(F)c(F)c21.Fc1c(F)c(F)c(-c2c(C(F)(F)F)c(F)c(F)c(F)c2C(F)(F)C(F)(F)F)c(F)c1F. The van der Waals surface area contributed by atoms with Crippen molar-refractivity contribution in [3.63, 3.8) is 0 Å². The van der Waals surface area contributed by atoms with E-state index in [1.54, 1.807) is 6.92 Å². The monoisotopic (exact) mass is 1770 g/mol. The standard InChI is InChI=1S/C36H4BF24.C15F16.C11H14F11P/c38-13-1-5(21(46)33(58)29(13)54)17(42)25(50)9(1)37(10-2-6(18(43)26(10)51)22(47)34(59)30(55)14(2)39,11-3-7(19(44)27(11)52)23(48)35(60)31(56)15(3)40)12-4-8(20(45)28(12)53)24(49)36(61)32(57)16(4)41;16-5-2(6(17)10(21)12(23)9(5)20)1-3(13(24,25)15(29,30)31)7(18)11(22)8(19)4(1)14(26,27)28;1-2-3-4-5-6-7(12,13)8(14,15)10(19,20)23-11(21,22)9(16,17)18/h9-12H;;23H,2-6H2,1H3/q-1;;/p+1. The molecule has 4 aliphatic carbocycles. The second-order valence-electron chi connectivity index (χ2n) is 24.5. The third-order valence-electron chi connectivity index (χ3n) is 18.3. The molecule has 0 aliphatic heterocycles. The van der Waals surface area contributed by atoms with Crippen LogP contribution in [0.5, 0.6) is 0 Å². The van der Waals surface area contributed by atoms with Gasteiger partial charge in [-0.1, -0.05) is 49.5 Å². The molecule has 0 fully saturated rings. The van der Waals surface area contributed by atoms with Gasteiger partial charge in [-0.3, -0.25) is 0 Å². The van der Waals surface area contributed by atoms with E-state index in [1.807, 2.05) is 0 Å². The van der Waals surface area contributed by atoms with Gasteiger partial charge in [0, 0.05) is 12.0 Å². The fourth-order valence-corrected chi connectivity index (χ4v) is 14.5. The molecular weight excluding hydrogens is 1760 g/mol. The smallest absolute Gasteiger partial charge is 0.212 e. The summed E-state index contributed by atoms with van der Waals surface area (Å²) in [6.45, 7) is 1.66. The van der Waals surface area contributed by atoms with Crippen molar-refractivity contribution in [2.75, 3.05) is 0 Å². The lowest BCUT2D eigenvalue weighted by Gasteiger charge is -2.57. The molecule has 5 unspecified atom stereocenters. The number of hydrogen-bond acceptors (Lipinski definition) is 0. The van der Waals surface area contributed by atoms with Crippen molar-refractivity contribution in [3.8, 4) is 11.1 Å². The van der Waals surface area contributed by atoms with E-state index in [0.29, 0.717) is 12.8 Å². The van der Waals surface area contributed by atoms with Crippen LogP contribution in [0.1, 0.15) is 118 Å². The van der Waals surface area contributed by atoms with Crippen LogP contribution in [0.3, 0.4) is 0 Å². The van der Waals surface area contributed by atoms with Crippen molar-refractivity contribution in [2.45, 2.75) is 110 Å². The number of rotatable bonds is 15. The van der Waals surface area contributed by atoms with E-state index >= 15 is 87.8 Å². The summed E-state index contributed by atoms with van der Waals surface area (Å²) in [5.41, 5.74) is -48.4. The summed E-state index contributed by atoms with van der Waals surface area (Å²) in [5.74, 6) is -142. The first-order valence-corrected chi connectivity index (χ1v) is 30.8. The molecule has 0 saturated carbocycles. The minimum atomic E-state index is -7.10. The van der Waals surface area contributed by atoms with Gasteiger partial charge in [0.25, 0.3) is 0 Å². The van der Waals surface area contributed by atoms with E-state index in [-0.39, 0.29) is 6.42 Å². The number of fused-ring (bicyclic) bond motifs is 4. The molecule has 0 N–H and O–H groups in total. The van der Waals surface area contributed by atoms with Crippen molar-refractivity contribution in [1.29, 1.82) is 0 Å². The highest BCUT2D eigenvalue weighted by molar-refractivity contribution is 7.41. The van der Waals surface area contributed by atoms with Crippen molar-refractivity contribution < 1.29 is 224 Å². The quantitative estimate of drug-likeness (QED) is 0.0240. The summed E-state index contributed by atoms with van der Waals surface area (Å²) in [5, 5.41) is 0. The molecule has 4 aliphatic rings. The Morgan fingerprint density at radius 2 is 0.496 bits per heavy atom. The van der Waals surface area contributed by atoms with Crippen LogP contribution in [0.2, 0.25) is 0 Å². The number of unbranched alkanes of at least 4 members (excludes halogenated alkanes) is 3. The molecule has 115 heavy (non-hydrogen) atoms. The average Bonchev–Trinajstić information content (AvgIpc) is 1.49. The number of hydrogen-bond donors (Lipinski definition) is 0. The topological polar surface area (TPSA) is 0 Å². The Bertz CT molecular complexity index is 4780. The van der Waals surface area contributed by atoms with Gasteiger partial charge in [-0.15, -0.1) is 0 Å². The molecule has 0 spiro atoms. The number of benzene rings is 6. The first-order chi connectivity index (χ1) is 52.1. The fraction of sp³-hybridized carbons (Fsp3) is 0.290. The highest BCUT2D eigenvalue weighted by Crippen LogP contribution is 2.73. The van der Waals surface area contributed by atoms with Gasteiger partial charge in [-0.2, -0.15) is 83.4 Å². The maximum atomic E-state index is 17.0. The zero-order chi connectivity index (χ0) is 88.5. The molecular formula is C62H19BF51P. The van der Waals surface area contributed by atoms with Crippen LogP contribution in [0.4, 0.5) is 224 Å². The van der Waals surface area contributed by atoms with E-state index in [9.17, 15) is 136 Å². The molecule has 53 heteroatoms. The zero-order valence-corrected chi connectivity index (χ0v) is 54.4. The second-order valence-corrected chi connectivity index (χ2v) is 26.2. The molecule has 0 saturated heterocycles. The Labute approximate surface area is 600 Å². The van der Waals surface area contributed by atoms with Crippen LogP contribution in [-0.2, 0) is 12.1 Å². The van der Waals surface area contributed by atoms with Crippen LogP contribution in [0.25, 0.3) is 34.4 Å². The first-order valence-electron chi connectivity index (χ1n) is 29.7. The molecule has 0 radical (unpaired) electrons. The summed E-state index contributed by atoms with van der Waals surface area (Å²) < 4.78 is 730. The van der Waals surface area contributed by atoms with Crippen LogP contribution < -0.4 is 0 Å². The van der Waals surface area contributed by atoms with E-state index in [1.165, 1.54) is 0 Å². The van der Waals surface area contributed by atoms with Crippen molar-refractivity contribution in [1.82, 2.24) is 0 Å². The average molecular weight is 1770 g/mol. The van der Waals surface area contributed by atoms with Crippen molar-refractivity contribution >= 4 is 38.0 Å². The third-order valence-corrected chi connectivity index (χ3v) is 19.7. The van der Waals surface area contributed by atoms with E-state index in [2.05, 4.69) is 0 Å². The molecule has 6 aromatic carbocycles. The van der Waals surface area contributed by atoms with E-state index in [4.69, 9.17) is 0 Å². The lowest BCUT2D eigenvalue weighted by molar-refractivity contribution is -0.290. The first kappa shape index (κ1) is 91.7. The van der Waals surface area contributed by atoms with Crippen LogP contribution in [0.15, 0.2) is 23.3 Å². The summed E-state index contributed by atoms with van der Waals surface area (Å²) in [7, 11) is -4.66. The Kier molecular flexibility index (Phi) is 23.9. The molecule has 632 valence electrons. The summed E-state index contributed by atoms with van der Waals surface area (Å²) in [6, 6.07) is 0. The van der Waals surface area contributed by atoms with Gasteiger partial charge in [0.15, 0.2) is 166 Å². The Hall–Kier alpha value is -8.80. The minimum Gasteiger partial charge on any atom is -0.212 e. The summed E-state index contributed by atoms with van der Waals surface area (Å²) >= 11 is 0. The maximum Gasteiger partial charge on any atom is 0.493 e. The zero-order valence-electron chi connectivity index (χ0n) is 53.3. The predicted octanol–water partition coefficient (Wildman–Crippen LogP) is 27.0. The van der Waals surface area contributed by atoms with Gasteiger partial charge in [-0.05, 0) is 28.7 Å². The van der Waals surface area contributed by atoms with Gasteiger partial charge in [0.05, 0.1) is 39.5 Å². The molecule has 0 aromatic heterocycles. The van der Waals surface area contributed by atoms with Gasteiger partial charge >= 0.3 is 47.6 Å². The fourth-order valence-electron chi connectivity index (χ4n) is 13.5. The lowest BCUT2D eigenvalue weighted by Crippen LogP contribution is -2.59. The van der Waals surface area contributed by atoms with Crippen molar-refractivity contribution in [2.24, 2.45) is 0 Å². The van der Waals surface area contributed by atoms with Gasteiger partial charge < -0.3 is 0 Å². The highest BCUT2D eigenvalue weighted by atomic mass is 31.1. The minimum absolute atomic E-state index is 0.0132. The second kappa shape index (κ2) is 30.0. The Morgan fingerprint density at radius 3 is 0.748 bits per heavy atom. The summed E-state index contributed by atoms with van der Waals surface area (Å²) in [4.78, 5) is 0. The third kappa shape index (κ3) is 13.5. The number of alkyl halides is 19. The van der Waals surface area contributed by atoms with E-state index in [0.717, 1.165) is 0 Å². The molecule has 10 rings (SSSR count). The molecule has 6 aromatic rings. The Morgan fingerprint density at radius 1 is 0.252 bits per heavy atom. The van der Waals surface area contributed by atoms with Gasteiger partial charge in [-0.25, -0.2) is 140 Å². The molecule has 0 amide bonds. The van der Waals surface area contributed by atoms with Crippen LogP contribution >= 0.6 is 8.58 Å². The molecule has 0 bridgehead atoms. The molecule has 0 heterocycles. The molecule has 0 nitrogen and oxygen atoms in total. The van der Waals surface area contributed by atoms with Gasteiger partial charge in [0.1, 0.15) is 28.9 Å². The Balaban J connectivity index is 0.000000255. The highest BCUT2D eigenvalue weighted by Gasteiger charge is 2.81.